The van der Waals surface area contributed by atoms with Crippen LogP contribution < -0.4 is 0 Å². The summed E-state index contributed by atoms with van der Waals surface area (Å²) in [6, 6.07) is 4.56. The number of carbonyl (C=O) groups is 1. The number of hydrogen-bond acceptors (Lipinski definition) is 3. The molecule has 5 nitrogen and oxygen atoms in total. The predicted molar refractivity (Wildman–Crippen MR) is 83.1 cm³/mol. The molecule has 2 atom stereocenters. The number of alkyl halides is 3. The summed E-state index contributed by atoms with van der Waals surface area (Å²) in [6.45, 7) is -0.105. The molecule has 138 valence electrons. The molecule has 2 fully saturated rings. The molecule has 9 heteroatoms. The average Bonchev–Trinajstić information content (AvgIpc) is 3.04. The molecule has 1 aliphatic carbocycles. The average molecular weight is 377 g/mol. The standard InChI is InChI=1S/C16H18F3NO4S/c17-16(18,19)13-6-2-1-4-11(13)9-25(23,24)20-8-12-5-3-7-15(12,10-20)14(21)22/h1-2,4,6,12H,3,5,7-10H2,(H,21,22)/t12-,15+/m0/s1. The third kappa shape index (κ3) is 3.15. The number of nitrogens with zero attached hydrogens (tertiary/aromatic N) is 1. The molecule has 1 N–H and O–H groups in total. The first-order valence-corrected chi connectivity index (χ1v) is 9.53. The highest BCUT2D eigenvalue weighted by molar-refractivity contribution is 7.88. The van der Waals surface area contributed by atoms with Gasteiger partial charge >= 0.3 is 12.1 Å². The molecule has 0 spiro atoms. The maximum absolute atomic E-state index is 13.1. The molecule has 1 saturated heterocycles. The zero-order valence-corrected chi connectivity index (χ0v) is 14.1. The maximum atomic E-state index is 13.1. The van der Waals surface area contributed by atoms with Crippen LogP contribution in [0.5, 0.6) is 0 Å². The third-order valence-electron chi connectivity index (χ3n) is 5.32. The molecule has 3 rings (SSSR count). The van der Waals surface area contributed by atoms with Crippen LogP contribution in [0.15, 0.2) is 24.3 Å². The molecule has 1 heterocycles. The molecular weight excluding hydrogens is 359 g/mol. The second-order valence-corrected chi connectivity index (χ2v) is 8.72. The van der Waals surface area contributed by atoms with Crippen LogP contribution in [0, 0.1) is 11.3 Å². The number of halogens is 3. The van der Waals surface area contributed by atoms with Crippen molar-refractivity contribution >= 4 is 16.0 Å². The van der Waals surface area contributed by atoms with Crippen LogP contribution in [-0.4, -0.2) is 36.9 Å². The summed E-state index contributed by atoms with van der Waals surface area (Å²) in [5, 5.41) is 9.53. The number of carboxylic acid groups (broad SMARTS) is 1. The van der Waals surface area contributed by atoms with Crippen molar-refractivity contribution < 1.29 is 31.5 Å². The smallest absolute Gasteiger partial charge is 0.416 e. The lowest BCUT2D eigenvalue weighted by molar-refractivity contribution is -0.149. The van der Waals surface area contributed by atoms with E-state index in [0.29, 0.717) is 12.8 Å². The Bertz CT molecular complexity index is 793. The van der Waals surface area contributed by atoms with E-state index in [9.17, 15) is 31.5 Å². The van der Waals surface area contributed by atoms with Crippen LogP contribution in [0.1, 0.15) is 30.4 Å². The molecule has 0 radical (unpaired) electrons. The molecule has 0 unspecified atom stereocenters. The van der Waals surface area contributed by atoms with Gasteiger partial charge in [0, 0.05) is 13.1 Å². The van der Waals surface area contributed by atoms with Crippen molar-refractivity contribution in [2.45, 2.75) is 31.2 Å². The van der Waals surface area contributed by atoms with Crippen molar-refractivity contribution in [1.82, 2.24) is 4.31 Å². The minimum Gasteiger partial charge on any atom is -0.481 e. The van der Waals surface area contributed by atoms with Crippen molar-refractivity contribution in [2.75, 3.05) is 13.1 Å². The van der Waals surface area contributed by atoms with Gasteiger partial charge < -0.3 is 5.11 Å². The van der Waals surface area contributed by atoms with Gasteiger partial charge in [0.25, 0.3) is 0 Å². The molecule has 0 amide bonds. The van der Waals surface area contributed by atoms with Crippen molar-refractivity contribution in [3.8, 4) is 0 Å². The Kier molecular flexibility index (Phi) is 4.35. The van der Waals surface area contributed by atoms with Gasteiger partial charge in [0.05, 0.1) is 16.7 Å². The number of hydrogen-bond donors (Lipinski definition) is 1. The van der Waals surface area contributed by atoms with Gasteiger partial charge in [-0.3, -0.25) is 4.79 Å². The number of aliphatic carboxylic acids is 1. The van der Waals surface area contributed by atoms with E-state index in [2.05, 4.69) is 0 Å². The van der Waals surface area contributed by atoms with E-state index in [1.807, 2.05) is 0 Å². The Morgan fingerprint density at radius 1 is 1.32 bits per heavy atom. The van der Waals surface area contributed by atoms with E-state index in [1.165, 1.54) is 12.1 Å². The first-order chi connectivity index (χ1) is 11.6. The van der Waals surface area contributed by atoms with Gasteiger partial charge in [-0.1, -0.05) is 24.6 Å². The maximum Gasteiger partial charge on any atom is 0.416 e. The van der Waals surface area contributed by atoms with Crippen LogP contribution in [0.25, 0.3) is 0 Å². The number of benzene rings is 1. The normalized spacial score (nSPS) is 27.4. The van der Waals surface area contributed by atoms with Crippen molar-refractivity contribution in [3.05, 3.63) is 35.4 Å². The van der Waals surface area contributed by atoms with Crippen LogP contribution in [-0.2, 0) is 26.7 Å². The molecule has 2 aliphatic rings. The Balaban J connectivity index is 1.87. The van der Waals surface area contributed by atoms with Crippen LogP contribution >= 0.6 is 0 Å². The zero-order chi connectivity index (χ0) is 18.5. The predicted octanol–water partition coefficient (Wildman–Crippen LogP) is 2.72. The minimum absolute atomic E-state index is 0.0584. The molecule has 1 aromatic carbocycles. The number of fused-ring (bicyclic) bond motifs is 1. The fourth-order valence-corrected chi connectivity index (χ4v) is 5.68. The zero-order valence-electron chi connectivity index (χ0n) is 13.3. The first-order valence-electron chi connectivity index (χ1n) is 7.92. The minimum atomic E-state index is -4.64. The van der Waals surface area contributed by atoms with Gasteiger partial charge in [-0.2, -0.15) is 13.2 Å². The van der Waals surface area contributed by atoms with E-state index < -0.39 is 38.9 Å². The Morgan fingerprint density at radius 2 is 2.00 bits per heavy atom. The third-order valence-corrected chi connectivity index (χ3v) is 7.06. The molecule has 0 bridgehead atoms. The molecule has 1 saturated carbocycles. The van der Waals surface area contributed by atoms with Gasteiger partial charge in [0.1, 0.15) is 0 Å². The molecule has 0 aromatic heterocycles. The largest absolute Gasteiger partial charge is 0.481 e. The Morgan fingerprint density at radius 3 is 2.60 bits per heavy atom. The van der Waals surface area contributed by atoms with Crippen LogP contribution in [0.3, 0.4) is 0 Å². The summed E-state index contributed by atoms with van der Waals surface area (Å²) in [6.07, 6.45) is -2.90. The highest BCUT2D eigenvalue weighted by atomic mass is 32.2. The first kappa shape index (κ1) is 18.2. The monoisotopic (exact) mass is 377 g/mol. The van der Waals surface area contributed by atoms with Gasteiger partial charge in [0.2, 0.25) is 10.0 Å². The van der Waals surface area contributed by atoms with Crippen LogP contribution in [0.4, 0.5) is 13.2 Å². The van der Waals surface area contributed by atoms with E-state index in [4.69, 9.17) is 0 Å². The fraction of sp³-hybridized carbons (Fsp3) is 0.562. The summed E-state index contributed by atoms with van der Waals surface area (Å²) >= 11 is 0. The highest BCUT2D eigenvalue weighted by Crippen LogP contribution is 2.49. The van der Waals surface area contributed by atoms with Gasteiger partial charge in [-0.15, -0.1) is 0 Å². The highest BCUT2D eigenvalue weighted by Gasteiger charge is 2.57. The summed E-state index contributed by atoms with van der Waals surface area (Å²) in [5.41, 5.74) is -2.40. The lowest BCUT2D eigenvalue weighted by atomic mass is 9.81. The topological polar surface area (TPSA) is 74.7 Å². The lowest BCUT2D eigenvalue weighted by Gasteiger charge is -2.23. The SMILES string of the molecule is O=C(O)[C@@]12CCC[C@H]1CN(S(=O)(=O)Cc1ccccc1C(F)(F)F)C2. The van der Waals surface area contributed by atoms with E-state index in [0.717, 1.165) is 22.9 Å². The second-order valence-electron chi connectivity index (χ2n) is 6.75. The van der Waals surface area contributed by atoms with Crippen molar-refractivity contribution in [2.24, 2.45) is 11.3 Å². The molecule has 25 heavy (non-hydrogen) atoms. The molecule has 1 aliphatic heterocycles. The van der Waals surface area contributed by atoms with E-state index in [1.54, 1.807) is 0 Å². The second kappa shape index (κ2) is 5.98. The number of sulfonamides is 1. The van der Waals surface area contributed by atoms with Gasteiger partial charge in [0.15, 0.2) is 0 Å². The number of rotatable bonds is 4. The summed E-state index contributed by atoms with van der Waals surface area (Å²) in [5.74, 6) is -2.09. The van der Waals surface area contributed by atoms with Gasteiger partial charge in [-0.25, -0.2) is 12.7 Å². The van der Waals surface area contributed by atoms with E-state index in [-0.39, 0.29) is 24.6 Å². The van der Waals surface area contributed by atoms with Crippen LogP contribution in [0.2, 0.25) is 0 Å². The summed E-state index contributed by atoms with van der Waals surface area (Å²) in [4.78, 5) is 11.7. The van der Waals surface area contributed by atoms with E-state index >= 15 is 0 Å². The number of carboxylic acids is 1. The molecular formula is C16H18F3NO4S. The lowest BCUT2D eigenvalue weighted by Crippen LogP contribution is -2.37. The van der Waals surface area contributed by atoms with Crippen molar-refractivity contribution in [1.29, 1.82) is 0 Å². The fourth-order valence-electron chi connectivity index (χ4n) is 4.02. The summed E-state index contributed by atoms with van der Waals surface area (Å²) in [7, 11) is -4.04. The Hall–Kier alpha value is -1.61. The van der Waals surface area contributed by atoms with Gasteiger partial charge in [-0.05, 0) is 30.4 Å². The Labute approximate surface area is 143 Å². The molecule has 1 aromatic rings. The summed E-state index contributed by atoms with van der Waals surface area (Å²) < 4.78 is 65.5. The quantitative estimate of drug-likeness (QED) is 0.876. The van der Waals surface area contributed by atoms with Crippen molar-refractivity contribution in [3.63, 3.8) is 0 Å².